The van der Waals surface area contributed by atoms with E-state index in [2.05, 4.69) is 6.58 Å². The number of ketones is 1. The van der Waals surface area contributed by atoms with E-state index in [0.717, 1.165) is 0 Å². The van der Waals surface area contributed by atoms with Crippen LogP contribution in [0.5, 0.6) is 0 Å². The summed E-state index contributed by atoms with van der Waals surface area (Å²) in [7, 11) is -3.62. The number of fused-ring (bicyclic) bond motifs is 1. The second kappa shape index (κ2) is 4.62. The second-order valence-electron chi connectivity index (χ2n) is 4.29. The Hall–Kier alpha value is -1.95. The molecule has 1 aliphatic heterocycles. The average molecular weight is 279 g/mol. The summed E-state index contributed by atoms with van der Waals surface area (Å²) in [6.45, 7) is 5.14. The van der Waals surface area contributed by atoms with E-state index in [1.807, 2.05) is 0 Å². The quantitative estimate of drug-likeness (QED) is 0.615. The van der Waals surface area contributed by atoms with Crippen LogP contribution in [0, 0.1) is 0 Å². The fraction of sp³-hybridized carbons (Fsp3) is 0.231. The van der Waals surface area contributed by atoms with Crippen LogP contribution in [0.15, 0.2) is 35.7 Å². The molecule has 0 bridgehead atoms. The van der Waals surface area contributed by atoms with Crippen LogP contribution in [0.3, 0.4) is 0 Å². The Morgan fingerprint density at radius 3 is 2.74 bits per heavy atom. The monoisotopic (exact) mass is 279 g/mol. The van der Waals surface area contributed by atoms with Gasteiger partial charge in [0.15, 0.2) is 15.6 Å². The largest absolute Gasteiger partial charge is 0.306 e. The highest BCUT2D eigenvalue weighted by molar-refractivity contribution is 7.92. The predicted octanol–water partition coefficient (Wildman–Crippen LogP) is 1.20. The molecule has 0 radical (unpaired) electrons. The first-order valence-electron chi connectivity index (χ1n) is 5.66. The molecule has 1 aromatic rings. The fourth-order valence-corrected chi connectivity index (χ4v) is 3.39. The lowest BCUT2D eigenvalue weighted by atomic mass is 10.1. The van der Waals surface area contributed by atoms with Gasteiger partial charge in [0.2, 0.25) is 5.91 Å². The highest BCUT2D eigenvalue weighted by atomic mass is 32.2. The molecule has 1 amide bonds. The van der Waals surface area contributed by atoms with Crippen molar-refractivity contribution in [2.45, 2.75) is 11.8 Å². The maximum Gasteiger partial charge on any atom is 0.242 e. The number of rotatable bonds is 3. The molecule has 0 saturated heterocycles. The van der Waals surface area contributed by atoms with Crippen LogP contribution in [0.25, 0.3) is 0 Å². The molecule has 5 nitrogen and oxygen atoms in total. The lowest BCUT2D eigenvalue weighted by Crippen LogP contribution is -2.41. The topological polar surface area (TPSA) is 71.5 Å². The Balaban J connectivity index is 2.69. The Labute approximate surface area is 111 Å². The zero-order chi connectivity index (χ0) is 14.2. The maximum atomic E-state index is 12.0. The number of nitrogens with zero attached hydrogens (tertiary/aromatic N) is 1. The summed E-state index contributed by atoms with van der Waals surface area (Å²) in [4.78, 5) is 24.6. The van der Waals surface area contributed by atoms with E-state index in [9.17, 15) is 18.0 Å². The van der Waals surface area contributed by atoms with Crippen molar-refractivity contribution in [2.24, 2.45) is 0 Å². The van der Waals surface area contributed by atoms with Gasteiger partial charge in [0.25, 0.3) is 0 Å². The SMILES string of the molecule is C=CCN1C(=O)CS(=O)(=O)c2ccc(C(C)=O)cc21. The van der Waals surface area contributed by atoms with Crippen molar-refractivity contribution in [3.8, 4) is 0 Å². The van der Waals surface area contributed by atoms with Gasteiger partial charge in [0.05, 0.1) is 10.6 Å². The van der Waals surface area contributed by atoms with Gasteiger partial charge in [-0.2, -0.15) is 0 Å². The van der Waals surface area contributed by atoms with Gasteiger partial charge in [-0.3, -0.25) is 9.59 Å². The van der Waals surface area contributed by atoms with Crippen LogP contribution in [-0.4, -0.2) is 32.4 Å². The molecule has 0 spiro atoms. The number of sulfone groups is 1. The van der Waals surface area contributed by atoms with Crippen LogP contribution >= 0.6 is 0 Å². The second-order valence-corrected chi connectivity index (χ2v) is 6.25. The van der Waals surface area contributed by atoms with Gasteiger partial charge < -0.3 is 4.90 Å². The van der Waals surface area contributed by atoms with Gasteiger partial charge in [-0.1, -0.05) is 6.08 Å². The first kappa shape index (κ1) is 13.5. The number of carbonyl (C=O) groups excluding carboxylic acids is 2. The Bertz CT molecular complexity index is 676. The molecule has 0 unspecified atom stereocenters. The first-order valence-corrected chi connectivity index (χ1v) is 7.31. The predicted molar refractivity (Wildman–Crippen MR) is 71.0 cm³/mol. The van der Waals surface area contributed by atoms with E-state index >= 15 is 0 Å². The zero-order valence-corrected chi connectivity index (χ0v) is 11.2. The lowest BCUT2D eigenvalue weighted by Gasteiger charge is -2.28. The molecule has 0 N–H and O–H groups in total. The standard InChI is InChI=1S/C13H13NO4S/c1-3-6-14-11-7-10(9(2)15)4-5-12(11)19(17,18)8-13(14)16/h3-5,7H,1,6,8H2,2H3. The van der Waals surface area contributed by atoms with Gasteiger partial charge in [-0.05, 0) is 25.1 Å². The van der Waals surface area contributed by atoms with E-state index in [4.69, 9.17) is 0 Å². The third-order valence-electron chi connectivity index (χ3n) is 2.92. The van der Waals surface area contributed by atoms with Gasteiger partial charge >= 0.3 is 0 Å². The molecular formula is C13H13NO4S. The van der Waals surface area contributed by atoms with Crippen LogP contribution in [0.4, 0.5) is 5.69 Å². The summed E-state index contributed by atoms with van der Waals surface area (Å²) in [6, 6.07) is 4.28. The minimum atomic E-state index is -3.62. The Morgan fingerprint density at radius 1 is 1.47 bits per heavy atom. The van der Waals surface area contributed by atoms with Crippen molar-refractivity contribution in [3.05, 3.63) is 36.4 Å². The van der Waals surface area contributed by atoms with Crippen molar-refractivity contribution in [3.63, 3.8) is 0 Å². The Kier molecular flexibility index (Phi) is 3.28. The smallest absolute Gasteiger partial charge is 0.242 e. The van der Waals surface area contributed by atoms with Crippen molar-refractivity contribution < 1.29 is 18.0 Å². The molecular weight excluding hydrogens is 266 g/mol. The molecule has 0 aliphatic carbocycles. The van der Waals surface area contributed by atoms with Crippen LogP contribution in [-0.2, 0) is 14.6 Å². The number of carbonyl (C=O) groups is 2. The maximum absolute atomic E-state index is 12.0. The number of amides is 1. The minimum absolute atomic E-state index is 0.0824. The summed E-state index contributed by atoms with van der Waals surface area (Å²) in [5.74, 6) is -1.24. The Morgan fingerprint density at radius 2 is 2.16 bits per heavy atom. The number of benzene rings is 1. The molecule has 100 valence electrons. The zero-order valence-electron chi connectivity index (χ0n) is 10.4. The summed E-state index contributed by atoms with van der Waals surface area (Å²) < 4.78 is 23.9. The summed E-state index contributed by atoms with van der Waals surface area (Å²) >= 11 is 0. The molecule has 0 saturated carbocycles. The van der Waals surface area contributed by atoms with E-state index in [-0.39, 0.29) is 22.9 Å². The molecule has 19 heavy (non-hydrogen) atoms. The third kappa shape index (κ3) is 2.31. The van der Waals surface area contributed by atoms with E-state index < -0.39 is 21.5 Å². The van der Waals surface area contributed by atoms with Crippen molar-refractivity contribution in [2.75, 3.05) is 17.2 Å². The van der Waals surface area contributed by atoms with Crippen molar-refractivity contribution in [1.29, 1.82) is 0 Å². The lowest BCUT2D eigenvalue weighted by molar-refractivity contribution is -0.116. The van der Waals surface area contributed by atoms with Crippen molar-refractivity contribution >= 4 is 27.2 Å². The minimum Gasteiger partial charge on any atom is -0.306 e. The molecule has 0 fully saturated rings. The summed E-state index contributed by atoms with van der Waals surface area (Å²) in [5, 5.41) is 0. The fourth-order valence-electron chi connectivity index (χ4n) is 1.99. The molecule has 0 aromatic heterocycles. The van der Waals surface area contributed by atoms with Gasteiger partial charge in [-0.15, -0.1) is 6.58 Å². The molecule has 1 heterocycles. The number of hydrogen-bond acceptors (Lipinski definition) is 4. The van der Waals surface area contributed by atoms with Gasteiger partial charge in [0.1, 0.15) is 5.75 Å². The third-order valence-corrected chi connectivity index (χ3v) is 4.56. The molecule has 0 atom stereocenters. The number of hydrogen-bond donors (Lipinski definition) is 0. The van der Waals surface area contributed by atoms with Crippen LogP contribution < -0.4 is 4.90 Å². The van der Waals surface area contributed by atoms with Crippen LogP contribution in [0.1, 0.15) is 17.3 Å². The highest BCUT2D eigenvalue weighted by Gasteiger charge is 2.34. The highest BCUT2D eigenvalue weighted by Crippen LogP contribution is 2.32. The van der Waals surface area contributed by atoms with E-state index in [1.165, 1.54) is 36.1 Å². The van der Waals surface area contributed by atoms with Gasteiger partial charge in [-0.25, -0.2) is 8.42 Å². The number of Topliss-reactive ketones (excluding diaryl/α,β-unsaturated/α-hetero) is 1. The van der Waals surface area contributed by atoms with Crippen LogP contribution in [0.2, 0.25) is 0 Å². The van der Waals surface area contributed by atoms with Gasteiger partial charge in [0, 0.05) is 12.1 Å². The molecule has 1 aromatic carbocycles. The summed E-state index contributed by atoms with van der Waals surface area (Å²) in [5.41, 5.74) is 0.626. The van der Waals surface area contributed by atoms with E-state index in [0.29, 0.717) is 5.56 Å². The van der Waals surface area contributed by atoms with E-state index in [1.54, 1.807) is 0 Å². The number of anilines is 1. The average Bonchev–Trinajstić information content (AvgIpc) is 2.33. The summed E-state index contributed by atoms with van der Waals surface area (Å²) in [6.07, 6.45) is 1.51. The first-order chi connectivity index (χ1) is 8.86. The molecule has 6 heteroatoms. The molecule has 2 rings (SSSR count). The normalized spacial score (nSPS) is 16.9. The molecule has 1 aliphatic rings. The van der Waals surface area contributed by atoms with Crippen molar-refractivity contribution in [1.82, 2.24) is 0 Å².